The molecule has 0 aliphatic rings. The van der Waals surface area contributed by atoms with Gasteiger partial charge in [-0.05, 0) is 0 Å². The average molecular weight is 186 g/mol. The van der Waals surface area contributed by atoms with Crippen LogP contribution in [0.5, 0.6) is 0 Å². The van der Waals surface area contributed by atoms with Gasteiger partial charge in [-0.1, -0.05) is 0 Å². The summed E-state index contributed by atoms with van der Waals surface area (Å²) < 4.78 is 0. The monoisotopic (exact) mass is 186 g/mol. The fraction of sp³-hybridized carbons (Fsp3) is 0. The van der Waals surface area contributed by atoms with E-state index in [-0.39, 0.29) is 59.5 Å². The number of hydrogen-bond acceptors (Lipinski definition) is 4. The first kappa shape index (κ1) is 16.0. The maximum absolute atomic E-state index is 7.33. The van der Waals surface area contributed by atoms with E-state index in [0.29, 0.717) is 0 Å². The average Bonchev–Trinajstić information content (AvgIpc) is 0.722. The first-order chi connectivity index (χ1) is 2.00. The predicted molar refractivity (Wildman–Crippen MR) is 23.2 cm³/mol. The van der Waals surface area contributed by atoms with Crippen molar-refractivity contribution in [2.24, 2.45) is 0 Å². The molecule has 0 saturated carbocycles. The Hall–Kier alpha value is 2.03. The van der Waals surface area contributed by atoms with Gasteiger partial charge in [-0.3, -0.25) is 0 Å². The van der Waals surface area contributed by atoms with E-state index < -0.39 is 9.05 Å². The van der Waals surface area contributed by atoms with Gasteiger partial charge < -0.3 is 19.2 Å². The maximum Gasteiger partial charge on any atom is 0 e. The molecular formula is H6CaO4SiTi. The molecule has 0 unspecified atom stereocenters. The van der Waals surface area contributed by atoms with Crippen molar-refractivity contribution in [2.45, 2.75) is 0 Å². The first-order valence-corrected chi connectivity index (χ1v) is 2.68. The van der Waals surface area contributed by atoms with Crippen LogP contribution < -0.4 is 0 Å². The van der Waals surface area contributed by atoms with Gasteiger partial charge in [-0.2, -0.15) is 0 Å². The summed E-state index contributed by atoms with van der Waals surface area (Å²) in [4.78, 5) is 29.3. The van der Waals surface area contributed by atoms with Crippen molar-refractivity contribution < 1.29 is 40.9 Å². The smallest absolute Gasteiger partial charge is 0 e. The minimum Gasteiger partial charge on any atom is 0 e. The minimum absolute atomic E-state index is 0. The molecule has 40 valence electrons. The third kappa shape index (κ3) is 70.8. The van der Waals surface area contributed by atoms with Gasteiger partial charge in [0.15, 0.2) is 0 Å². The summed E-state index contributed by atoms with van der Waals surface area (Å²) in [5.41, 5.74) is 0. The van der Waals surface area contributed by atoms with Crippen molar-refractivity contribution >= 4 is 46.8 Å². The molecule has 0 spiro atoms. The maximum atomic E-state index is 7.33. The van der Waals surface area contributed by atoms with Crippen LogP contribution in [-0.4, -0.2) is 66.0 Å². The molecule has 7 heavy (non-hydrogen) atoms. The number of hydrogen-bond donors (Lipinski definition) is 4. The summed E-state index contributed by atoms with van der Waals surface area (Å²) in [6.07, 6.45) is 0. The zero-order valence-electron chi connectivity index (χ0n) is 2.79. The fourth-order valence-electron chi connectivity index (χ4n) is 0. The molecule has 4 N–H and O–H groups in total. The van der Waals surface area contributed by atoms with E-state index >= 15 is 0 Å². The Morgan fingerprint density at radius 3 is 0.857 bits per heavy atom. The second-order valence-corrected chi connectivity index (χ2v) is 1.80. The van der Waals surface area contributed by atoms with E-state index in [1.54, 1.807) is 0 Å². The van der Waals surface area contributed by atoms with Gasteiger partial charge in [0.05, 0.1) is 0 Å². The largest absolute Gasteiger partial charge is 0 e. The van der Waals surface area contributed by atoms with Gasteiger partial charge in [0.1, 0.15) is 0 Å². The van der Waals surface area contributed by atoms with Crippen molar-refractivity contribution in [3.8, 4) is 0 Å². The Bertz CT molecular complexity index is 27.2. The molecule has 0 aromatic carbocycles. The fourth-order valence-corrected chi connectivity index (χ4v) is 0. The van der Waals surface area contributed by atoms with Crippen LogP contribution in [-0.2, 0) is 21.7 Å². The molecular weight excluding hydrogens is 180 g/mol. The Labute approximate surface area is 86.5 Å². The third-order valence-corrected chi connectivity index (χ3v) is 0. The topological polar surface area (TPSA) is 80.9 Å². The summed E-state index contributed by atoms with van der Waals surface area (Å²) in [5.74, 6) is 0. The van der Waals surface area contributed by atoms with E-state index in [9.17, 15) is 0 Å². The second-order valence-electron chi connectivity index (χ2n) is 0.600. The first-order valence-electron chi connectivity index (χ1n) is 0.894. The standard InChI is InChI=1S/Ca.H4O4Si.Ti.2H/c;1-5(2,3)4;;;/h;1-4H;;;. The molecule has 0 saturated heterocycles. The van der Waals surface area contributed by atoms with Gasteiger partial charge in [0, 0.05) is 21.7 Å². The summed E-state index contributed by atoms with van der Waals surface area (Å²) in [5, 5.41) is 0. The van der Waals surface area contributed by atoms with E-state index in [4.69, 9.17) is 19.2 Å². The van der Waals surface area contributed by atoms with Crippen LogP contribution in [0.3, 0.4) is 0 Å². The third-order valence-electron chi connectivity index (χ3n) is 0. The molecule has 0 heterocycles. The molecule has 0 aromatic heterocycles. The van der Waals surface area contributed by atoms with Gasteiger partial charge in [0.2, 0.25) is 0 Å². The van der Waals surface area contributed by atoms with E-state index in [1.165, 1.54) is 0 Å². The number of rotatable bonds is 0. The molecule has 0 aliphatic heterocycles. The SMILES string of the molecule is O[Si](O)(O)O.[CaH2].[Ti]. The van der Waals surface area contributed by atoms with Crippen LogP contribution in [0, 0.1) is 0 Å². The Morgan fingerprint density at radius 1 is 0.857 bits per heavy atom. The Kier molecular flexibility index (Phi) is 14.1. The van der Waals surface area contributed by atoms with Crippen LogP contribution >= 0.6 is 0 Å². The molecule has 0 fully saturated rings. The van der Waals surface area contributed by atoms with Gasteiger partial charge in [-0.15, -0.1) is 0 Å². The van der Waals surface area contributed by atoms with Crippen molar-refractivity contribution in [3.05, 3.63) is 0 Å². The molecule has 0 bridgehead atoms. The van der Waals surface area contributed by atoms with E-state index in [0.717, 1.165) is 0 Å². The summed E-state index contributed by atoms with van der Waals surface area (Å²) in [6, 6.07) is 0. The molecule has 0 amide bonds. The molecule has 4 nitrogen and oxygen atoms in total. The van der Waals surface area contributed by atoms with E-state index in [2.05, 4.69) is 0 Å². The van der Waals surface area contributed by atoms with Gasteiger partial charge in [-0.25, -0.2) is 0 Å². The molecule has 0 atom stereocenters. The van der Waals surface area contributed by atoms with Crippen LogP contribution in [0.4, 0.5) is 0 Å². The van der Waals surface area contributed by atoms with Crippen LogP contribution in [0.1, 0.15) is 0 Å². The van der Waals surface area contributed by atoms with Crippen molar-refractivity contribution in [1.29, 1.82) is 0 Å². The summed E-state index contributed by atoms with van der Waals surface area (Å²) >= 11 is 0. The van der Waals surface area contributed by atoms with Crippen LogP contribution in [0.2, 0.25) is 0 Å². The van der Waals surface area contributed by atoms with Gasteiger partial charge >= 0.3 is 46.8 Å². The minimum atomic E-state index is -4.61. The zero-order valence-corrected chi connectivity index (χ0v) is 5.35. The van der Waals surface area contributed by atoms with Crippen molar-refractivity contribution in [1.82, 2.24) is 0 Å². The summed E-state index contributed by atoms with van der Waals surface area (Å²) in [6.45, 7) is 0. The van der Waals surface area contributed by atoms with Gasteiger partial charge in [0.25, 0.3) is 0 Å². The normalized spacial score (nSPS) is 8.57. The molecule has 0 aliphatic carbocycles. The van der Waals surface area contributed by atoms with Crippen molar-refractivity contribution in [2.75, 3.05) is 0 Å². The zero-order chi connectivity index (χ0) is 4.50. The van der Waals surface area contributed by atoms with Crippen LogP contribution in [0.25, 0.3) is 0 Å². The molecule has 0 rings (SSSR count). The Balaban J connectivity index is -0.0000000800. The summed E-state index contributed by atoms with van der Waals surface area (Å²) in [7, 11) is -4.61. The molecule has 0 radical (unpaired) electrons. The van der Waals surface area contributed by atoms with E-state index in [1.807, 2.05) is 0 Å². The van der Waals surface area contributed by atoms with Crippen molar-refractivity contribution in [3.63, 3.8) is 0 Å². The molecule has 7 heteroatoms. The Morgan fingerprint density at radius 2 is 0.857 bits per heavy atom. The molecule has 0 aromatic rings. The predicted octanol–water partition coefficient (Wildman–Crippen LogP) is -3.53. The second kappa shape index (κ2) is 6.16. The quantitative estimate of drug-likeness (QED) is 0.295. The van der Waals surface area contributed by atoms with Crippen LogP contribution in [0.15, 0.2) is 0 Å².